The van der Waals surface area contributed by atoms with Crippen molar-refractivity contribution in [2.24, 2.45) is 0 Å². The van der Waals surface area contributed by atoms with Gasteiger partial charge >= 0.3 is 0 Å². The van der Waals surface area contributed by atoms with E-state index in [0.29, 0.717) is 16.1 Å². The molecule has 0 saturated heterocycles. The Bertz CT molecular complexity index is 950. The van der Waals surface area contributed by atoms with Crippen molar-refractivity contribution in [3.63, 3.8) is 0 Å². The highest BCUT2D eigenvalue weighted by atomic mass is 35.5. The van der Waals surface area contributed by atoms with Gasteiger partial charge in [-0.05, 0) is 42.3 Å². The molecule has 0 atom stereocenters. The van der Waals surface area contributed by atoms with Crippen molar-refractivity contribution in [2.75, 3.05) is 0 Å². The van der Waals surface area contributed by atoms with Crippen molar-refractivity contribution in [2.45, 2.75) is 19.8 Å². The minimum absolute atomic E-state index is 0.0359. The van der Waals surface area contributed by atoms with Crippen molar-refractivity contribution in [1.82, 2.24) is 20.6 Å². The molecule has 0 aliphatic heterocycles. The number of hydrogen-bond acceptors (Lipinski definition) is 3. The van der Waals surface area contributed by atoms with Gasteiger partial charge in [-0.25, -0.2) is 4.68 Å². The summed E-state index contributed by atoms with van der Waals surface area (Å²) in [6.07, 6.45) is 1.49. The molecule has 2 N–H and O–H groups in total. The van der Waals surface area contributed by atoms with E-state index < -0.39 is 5.91 Å². The van der Waals surface area contributed by atoms with E-state index in [1.165, 1.54) is 6.20 Å². The van der Waals surface area contributed by atoms with Crippen molar-refractivity contribution >= 4 is 23.4 Å². The summed E-state index contributed by atoms with van der Waals surface area (Å²) in [5.41, 5.74) is 7.28. The molecule has 0 unspecified atom stereocenters. The van der Waals surface area contributed by atoms with Crippen LogP contribution in [0, 0.1) is 0 Å². The third-order valence-corrected chi connectivity index (χ3v) is 4.25. The normalized spacial score (nSPS) is 10.7. The smallest absolute Gasteiger partial charge is 0.267 e. The van der Waals surface area contributed by atoms with Crippen LogP contribution in [0.25, 0.3) is 5.69 Å². The van der Waals surface area contributed by atoms with Crippen LogP contribution in [0.2, 0.25) is 5.02 Å². The number of aromatic nitrogens is 2. The molecule has 7 heteroatoms. The van der Waals surface area contributed by atoms with Crippen LogP contribution >= 0.6 is 11.6 Å². The maximum atomic E-state index is 12.6. The van der Waals surface area contributed by atoms with Crippen LogP contribution in [-0.4, -0.2) is 21.6 Å². The van der Waals surface area contributed by atoms with Crippen LogP contribution in [0.5, 0.6) is 0 Å². The lowest BCUT2D eigenvalue weighted by molar-refractivity contribution is 0.0846. The van der Waals surface area contributed by atoms with Gasteiger partial charge in [0.05, 0.1) is 23.1 Å². The molecule has 6 nitrogen and oxygen atoms in total. The molecule has 0 aliphatic rings. The molecule has 2 amide bonds. The third kappa shape index (κ3) is 4.17. The second-order valence-electron chi connectivity index (χ2n) is 6.26. The number of halogens is 1. The summed E-state index contributed by atoms with van der Waals surface area (Å²) in [4.78, 5) is 24.7. The van der Waals surface area contributed by atoms with Gasteiger partial charge in [-0.1, -0.05) is 43.6 Å². The van der Waals surface area contributed by atoms with Crippen LogP contribution in [0.1, 0.15) is 46.2 Å². The molecule has 138 valence electrons. The molecule has 0 bridgehead atoms. The summed E-state index contributed by atoms with van der Waals surface area (Å²) < 4.78 is 1.70. The zero-order chi connectivity index (χ0) is 19.4. The van der Waals surface area contributed by atoms with E-state index in [1.807, 2.05) is 32.0 Å². The number of amides is 2. The predicted molar refractivity (Wildman–Crippen MR) is 104 cm³/mol. The fourth-order valence-corrected chi connectivity index (χ4v) is 2.85. The van der Waals surface area contributed by atoms with E-state index in [4.69, 9.17) is 11.6 Å². The molecule has 3 aromatic rings. The molecule has 27 heavy (non-hydrogen) atoms. The van der Waals surface area contributed by atoms with Crippen LogP contribution < -0.4 is 10.9 Å². The number of nitrogens with zero attached hydrogens (tertiary/aromatic N) is 2. The number of hydrazine groups is 1. The maximum Gasteiger partial charge on any atom is 0.273 e. The van der Waals surface area contributed by atoms with Gasteiger partial charge in [0.25, 0.3) is 11.8 Å². The standard InChI is InChI=1S/C20H19ClN4O2/c1-13(2)18-17(12-22-25(18)16-10-8-15(21)9-11-16)20(27)24-23-19(26)14-6-4-3-5-7-14/h3-13H,1-2H3,(H,23,26)(H,24,27). The second kappa shape index (κ2) is 8.05. The minimum Gasteiger partial charge on any atom is -0.267 e. The number of rotatable bonds is 4. The lowest BCUT2D eigenvalue weighted by atomic mass is 10.1. The molecule has 1 heterocycles. The third-order valence-electron chi connectivity index (χ3n) is 3.99. The lowest BCUT2D eigenvalue weighted by Gasteiger charge is -2.13. The van der Waals surface area contributed by atoms with Crippen molar-refractivity contribution in [3.05, 3.63) is 82.6 Å². The van der Waals surface area contributed by atoms with Gasteiger partial charge in [-0.15, -0.1) is 0 Å². The summed E-state index contributed by atoms with van der Waals surface area (Å²) in [6, 6.07) is 15.9. The van der Waals surface area contributed by atoms with Crippen molar-refractivity contribution < 1.29 is 9.59 Å². The van der Waals surface area contributed by atoms with Crippen LogP contribution in [-0.2, 0) is 0 Å². The Morgan fingerprint density at radius 1 is 0.963 bits per heavy atom. The summed E-state index contributed by atoms with van der Waals surface area (Å²) in [5.74, 6) is -0.780. The van der Waals surface area contributed by atoms with E-state index in [0.717, 1.165) is 11.4 Å². The predicted octanol–water partition coefficient (Wildman–Crippen LogP) is 3.72. The average Bonchev–Trinajstić information content (AvgIpc) is 3.12. The largest absolute Gasteiger partial charge is 0.273 e. The second-order valence-corrected chi connectivity index (χ2v) is 6.70. The molecular formula is C20H19ClN4O2. The number of nitrogens with one attached hydrogen (secondary N) is 2. The summed E-state index contributed by atoms with van der Waals surface area (Å²) in [5, 5.41) is 4.97. The van der Waals surface area contributed by atoms with Gasteiger partial charge in [0, 0.05) is 10.6 Å². The van der Waals surface area contributed by atoms with Gasteiger partial charge < -0.3 is 0 Å². The topological polar surface area (TPSA) is 76.0 Å². The van der Waals surface area contributed by atoms with Gasteiger partial charge in [0.15, 0.2) is 0 Å². The molecule has 0 aliphatic carbocycles. The number of hydrogen-bond donors (Lipinski definition) is 2. The Morgan fingerprint density at radius 3 is 2.22 bits per heavy atom. The Kier molecular flexibility index (Phi) is 5.57. The summed E-state index contributed by atoms with van der Waals surface area (Å²) in [7, 11) is 0. The Hall–Kier alpha value is -3.12. The van der Waals surface area contributed by atoms with E-state index in [2.05, 4.69) is 16.0 Å². The first kappa shape index (κ1) is 18.7. The minimum atomic E-state index is -0.428. The highest BCUT2D eigenvalue weighted by molar-refractivity contribution is 6.30. The van der Waals surface area contributed by atoms with Gasteiger partial charge in [-0.2, -0.15) is 5.10 Å². The van der Waals surface area contributed by atoms with E-state index in [9.17, 15) is 9.59 Å². The molecule has 0 radical (unpaired) electrons. The fraction of sp³-hybridized carbons (Fsp3) is 0.150. The zero-order valence-electron chi connectivity index (χ0n) is 14.9. The number of carbonyl (C=O) groups excluding carboxylic acids is 2. The summed E-state index contributed by atoms with van der Waals surface area (Å²) >= 11 is 5.94. The van der Waals surface area contributed by atoms with Crippen molar-refractivity contribution in [1.29, 1.82) is 0 Å². The maximum absolute atomic E-state index is 12.6. The molecule has 0 saturated carbocycles. The SMILES string of the molecule is CC(C)c1c(C(=O)NNC(=O)c2ccccc2)cnn1-c1ccc(Cl)cc1. The van der Waals surface area contributed by atoms with E-state index in [1.54, 1.807) is 41.1 Å². The van der Waals surface area contributed by atoms with Gasteiger partial charge in [0.2, 0.25) is 0 Å². The van der Waals surface area contributed by atoms with Gasteiger partial charge in [0.1, 0.15) is 0 Å². The Morgan fingerprint density at radius 2 is 1.59 bits per heavy atom. The first-order valence-corrected chi connectivity index (χ1v) is 8.84. The number of benzene rings is 2. The molecule has 2 aromatic carbocycles. The van der Waals surface area contributed by atoms with E-state index in [-0.39, 0.29) is 11.8 Å². The van der Waals surface area contributed by atoms with Crippen LogP contribution in [0.4, 0.5) is 0 Å². The highest BCUT2D eigenvalue weighted by Gasteiger charge is 2.21. The highest BCUT2D eigenvalue weighted by Crippen LogP contribution is 2.23. The lowest BCUT2D eigenvalue weighted by Crippen LogP contribution is -2.41. The van der Waals surface area contributed by atoms with Crippen molar-refractivity contribution in [3.8, 4) is 5.69 Å². The fourth-order valence-electron chi connectivity index (χ4n) is 2.72. The molecule has 0 spiro atoms. The molecular weight excluding hydrogens is 364 g/mol. The van der Waals surface area contributed by atoms with E-state index >= 15 is 0 Å². The Balaban J connectivity index is 1.80. The quantitative estimate of drug-likeness (QED) is 0.675. The van der Waals surface area contributed by atoms with Crippen LogP contribution in [0.3, 0.4) is 0 Å². The monoisotopic (exact) mass is 382 g/mol. The van der Waals surface area contributed by atoms with Crippen LogP contribution in [0.15, 0.2) is 60.8 Å². The first-order valence-electron chi connectivity index (χ1n) is 8.47. The summed E-state index contributed by atoms with van der Waals surface area (Å²) in [6.45, 7) is 3.95. The number of carbonyl (C=O) groups is 2. The zero-order valence-corrected chi connectivity index (χ0v) is 15.7. The molecule has 0 fully saturated rings. The first-order chi connectivity index (χ1) is 13.0. The average molecular weight is 383 g/mol. The molecule has 3 rings (SSSR count). The molecule has 1 aromatic heterocycles. The Labute approximate surface area is 162 Å². The van der Waals surface area contributed by atoms with Gasteiger partial charge in [-0.3, -0.25) is 20.4 Å².